The van der Waals surface area contributed by atoms with Gasteiger partial charge in [0.05, 0.1) is 0 Å². The lowest BCUT2D eigenvalue weighted by Crippen LogP contribution is -2.07. The number of benzene rings is 4. The van der Waals surface area contributed by atoms with E-state index in [0.29, 0.717) is 0 Å². The van der Waals surface area contributed by atoms with Crippen LogP contribution in [0.4, 0.5) is 0 Å². The van der Waals surface area contributed by atoms with E-state index in [9.17, 15) is 0 Å². The molecule has 1 heteroatoms. The zero-order valence-corrected chi connectivity index (χ0v) is 15.2. The molecule has 27 heavy (non-hydrogen) atoms. The molecule has 1 atom stereocenters. The van der Waals surface area contributed by atoms with E-state index in [1.54, 1.807) is 0 Å². The van der Waals surface area contributed by atoms with E-state index in [-0.39, 0.29) is 5.92 Å². The average molecular weight is 347 g/mol. The van der Waals surface area contributed by atoms with Gasteiger partial charge in [-0.2, -0.15) is 0 Å². The maximum Gasteiger partial charge on any atom is 0.0491 e. The highest BCUT2D eigenvalue weighted by atomic mass is 15.0. The first kappa shape index (κ1) is 15.9. The van der Waals surface area contributed by atoms with Gasteiger partial charge in [-0.1, -0.05) is 84.9 Å². The maximum atomic E-state index is 4.14. The Balaban J connectivity index is 1.64. The number of fused-ring (bicyclic) bond motifs is 4. The minimum absolute atomic E-state index is 0.258. The molecule has 1 nitrogen and oxygen atoms in total. The van der Waals surface area contributed by atoms with Crippen molar-refractivity contribution >= 4 is 32.6 Å². The third-order valence-electron chi connectivity index (χ3n) is 5.55. The zero-order chi connectivity index (χ0) is 18.2. The Morgan fingerprint density at radius 1 is 0.704 bits per heavy atom. The fraction of sp³-hybridized carbons (Fsp3) is 0.0769. The van der Waals surface area contributed by atoms with E-state index in [0.717, 1.165) is 6.54 Å². The SMILES string of the molecule is C=C[C@H](Cn1c2ccccc2c2ccccc21)c1ccc2ccccc2c1. The molecule has 130 valence electrons. The number of allylic oxidation sites excluding steroid dienone is 1. The molecule has 0 aliphatic rings. The summed E-state index contributed by atoms with van der Waals surface area (Å²) >= 11 is 0. The lowest BCUT2D eigenvalue weighted by atomic mass is 9.96. The highest BCUT2D eigenvalue weighted by molar-refractivity contribution is 6.08. The first-order chi connectivity index (χ1) is 13.3. The molecule has 0 saturated carbocycles. The van der Waals surface area contributed by atoms with Crippen LogP contribution in [0.3, 0.4) is 0 Å². The van der Waals surface area contributed by atoms with E-state index >= 15 is 0 Å². The number of rotatable bonds is 4. The van der Waals surface area contributed by atoms with Crippen molar-refractivity contribution in [3.05, 3.63) is 109 Å². The maximum absolute atomic E-state index is 4.14. The highest BCUT2D eigenvalue weighted by Gasteiger charge is 2.14. The second-order valence-electron chi connectivity index (χ2n) is 7.09. The van der Waals surface area contributed by atoms with E-state index in [4.69, 9.17) is 0 Å². The monoisotopic (exact) mass is 347 g/mol. The summed E-state index contributed by atoms with van der Waals surface area (Å²) < 4.78 is 2.44. The van der Waals surface area contributed by atoms with Gasteiger partial charge in [0.2, 0.25) is 0 Å². The van der Waals surface area contributed by atoms with Gasteiger partial charge in [0.1, 0.15) is 0 Å². The molecular formula is C26H21N. The summed E-state index contributed by atoms with van der Waals surface area (Å²) in [6.45, 7) is 5.03. The summed E-state index contributed by atoms with van der Waals surface area (Å²) in [5.74, 6) is 0.258. The van der Waals surface area contributed by atoms with Crippen molar-refractivity contribution in [3.63, 3.8) is 0 Å². The molecule has 0 spiro atoms. The smallest absolute Gasteiger partial charge is 0.0491 e. The molecule has 0 aliphatic heterocycles. The third kappa shape index (κ3) is 2.63. The standard InChI is InChI=1S/C26H21N/c1-2-19(22-16-15-20-9-3-4-10-21(20)17-22)18-27-25-13-7-5-11-23(25)24-12-6-8-14-26(24)27/h2-17,19H,1,18H2/t19-/m1/s1. The van der Waals surface area contributed by atoms with Crippen molar-refractivity contribution in [2.75, 3.05) is 0 Å². The molecule has 0 bridgehead atoms. The van der Waals surface area contributed by atoms with Gasteiger partial charge in [-0.25, -0.2) is 0 Å². The van der Waals surface area contributed by atoms with E-state index in [1.165, 1.54) is 38.1 Å². The van der Waals surface area contributed by atoms with Crippen molar-refractivity contribution in [1.29, 1.82) is 0 Å². The third-order valence-corrected chi connectivity index (χ3v) is 5.55. The number of aromatic nitrogens is 1. The summed E-state index contributed by atoms with van der Waals surface area (Å²) in [7, 11) is 0. The van der Waals surface area contributed by atoms with Gasteiger partial charge in [0, 0.05) is 34.3 Å². The predicted octanol–water partition coefficient (Wildman–Crippen LogP) is 6.92. The molecule has 5 aromatic rings. The molecular weight excluding hydrogens is 326 g/mol. The second-order valence-corrected chi connectivity index (χ2v) is 7.09. The largest absolute Gasteiger partial charge is 0.340 e. The summed E-state index contributed by atoms with van der Waals surface area (Å²) in [6.07, 6.45) is 2.08. The fourth-order valence-electron chi connectivity index (χ4n) is 4.15. The summed E-state index contributed by atoms with van der Waals surface area (Å²) in [4.78, 5) is 0. The Morgan fingerprint density at radius 2 is 1.30 bits per heavy atom. The van der Waals surface area contributed by atoms with Gasteiger partial charge in [-0.05, 0) is 28.5 Å². The minimum Gasteiger partial charge on any atom is -0.340 e. The molecule has 0 N–H and O–H groups in total. The predicted molar refractivity (Wildman–Crippen MR) is 116 cm³/mol. The molecule has 0 aliphatic carbocycles. The van der Waals surface area contributed by atoms with Crippen molar-refractivity contribution in [2.24, 2.45) is 0 Å². The Hall–Kier alpha value is -3.32. The van der Waals surface area contributed by atoms with Crippen LogP contribution < -0.4 is 0 Å². The Kier molecular flexibility index (Phi) is 3.79. The fourth-order valence-corrected chi connectivity index (χ4v) is 4.15. The quantitative estimate of drug-likeness (QED) is 0.311. The Labute approximate surface area is 159 Å². The van der Waals surface area contributed by atoms with Crippen LogP contribution in [-0.2, 0) is 6.54 Å². The normalized spacial score (nSPS) is 12.6. The van der Waals surface area contributed by atoms with Crippen molar-refractivity contribution < 1.29 is 0 Å². The minimum atomic E-state index is 0.258. The first-order valence-corrected chi connectivity index (χ1v) is 9.42. The molecule has 0 radical (unpaired) electrons. The van der Waals surface area contributed by atoms with Gasteiger partial charge in [0.15, 0.2) is 0 Å². The lowest BCUT2D eigenvalue weighted by Gasteiger charge is -2.17. The number of nitrogens with zero attached hydrogens (tertiary/aromatic N) is 1. The second kappa shape index (κ2) is 6.44. The molecule has 0 fully saturated rings. The van der Waals surface area contributed by atoms with Gasteiger partial charge in [-0.15, -0.1) is 6.58 Å². The van der Waals surface area contributed by atoms with Gasteiger partial charge in [-0.3, -0.25) is 0 Å². The lowest BCUT2D eigenvalue weighted by molar-refractivity contribution is 0.676. The molecule has 5 rings (SSSR count). The van der Waals surface area contributed by atoms with Crippen LogP contribution in [0.25, 0.3) is 32.6 Å². The van der Waals surface area contributed by atoms with Crippen LogP contribution in [0, 0.1) is 0 Å². The van der Waals surface area contributed by atoms with Crippen LogP contribution in [0.2, 0.25) is 0 Å². The summed E-state index contributed by atoms with van der Waals surface area (Å²) in [5.41, 5.74) is 3.88. The topological polar surface area (TPSA) is 4.93 Å². The van der Waals surface area contributed by atoms with Gasteiger partial charge < -0.3 is 4.57 Å². The van der Waals surface area contributed by atoms with Crippen LogP contribution in [0.15, 0.2) is 104 Å². The van der Waals surface area contributed by atoms with Crippen LogP contribution in [-0.4, -0.2) is 4.57 Å². The first-order valence-electron chi connectivity index (χ1n) is 9.42. The van der Waals surface area contributed by atoms with E-state index in [2.05, 4.69) is 108 Å². The Morgan fingerprint density at radius 3 is 1.96 bits per heavy atom. The molecule has 0 unspecified atom stereocenters. The van der Waals surface area contributed by atoms with Crippen molar-refractivity contribution in [1.82, 2.24) is 4.57 Å². The van der Waals surface area contributed by atoms with Crippen LogP contribution in [0.1, 0.15) is 11.5 Å². The molecule has 0 amide bonds. The zero-order valence-electron chi connectivity index (χ0n) is 15.2. The van der Waals surface area contributed by atoms with Crippen LogP contribution >= 0.6 is 0 Å². The molecule has 4 aromatic carbocycles. The Bertz CT molecular complexity index is 1220. The van der Waals surface area contributed by atoms with Crippen molar-refractivity contribution in [2.45, 2.75) is 12.5 Å². The van der Waals surface area contributed by atoms with E-state index < -0.39 is 0 Å². The van der Waals surface area contributed by atoms with Crippen LogP contribution in [0.5, 0.6) is 0 Å². The van der Waals surface area contributed by atoms with Gasteiger partial charge in [0.25, 0.3) is 0 Å². The van der Waals surface area contributed by atoms with Gasteiger partial charge >= 0.3 is 0 Å². The molecule has 0 saturated heterocycles. The number of hydrogen-bond acceptors (Lipinski definition) is 0. The molecule has 1 aromatic heterocycles. The molecule has 1 heterocycles. The average Bonchev–Trinajstić information content (AvgIpc) is 3.05. The van der Waals surface area contributed by atoms with E-state index in [1.807, 2.05) is 0 Å². The number of para-hydroxylation sites is 2. The number of hydrogen-bond donors (Lipinski definition) is 0. The summed E-state index contributed by atoms with van der Waals surface area (Å²) in [5, 5.41) is 5.19. The van der Waals surface area contributed by atoms with Crippen molar-refractivity contribution in [3.8, 4) is 0 Å². The highest BCUT2D eigenvalue weighted by Crippen LogP contribution is 2.32. The summed E-state index contributed by atoms with van der Waals surface area (Å²) in [6, 6.07) is 32.6.